The zero-order valence-electron chi connectivity index (χ0n) is 17.4. The fourth-order valence-electron chi connectivity index (χ4n) is 4.55. The fourth-order valence-corrected chi connectivity index (χ4v) is 5.18. The second kappa shape index (κ2) is 8.74. The van der Waals surface area contributed by atoms with E-state index < -0.39 is 5.97 Å². The number of piperidine rings is 1. The molecule has 0 unspecified atom stereocenters. The van der Waals surface area contributed by atoms with Crippen LogP contribution in [-0.2, 0) is 11.3 Å². The number of pyridine rings is 1. The van der Waals surface area contributed by atoms with E-state index in [4.69, 9.17) is 28.2 Å². The maximum Gasteiger partial charge on any atom is 0.306 e. The van der Waals surface area contributed by atoms with Gasteiger partial charge in [0.1, 0.15) is 0 Å². The monoisotopic (exact) mass is 447 g/mol. The Balaban J connectivity index is 1.41. The largest absolute Gasteiger partial charge is 0.481 e. The van der Waals surface area contributed by atoms with Gasteiger partial charge in [0.25, 0.3) is 0 Å². The summed E-state index contributed by atoms with van der Waals surface area (Å²) in [7, 11) is 0. The van der Waals surface area contributed by atoms with E-state index in [1.807, 2.05) is 18.2 Å². The Morgan fingerprint density at radius 2 is 1.80 bits per heavy atom. The van der Waals surface area contributed by atoms with Crippen molar-refractivity contribution in [2.24, 2.45) is 5.92 Å². The molecule has 2 fully saturated rings. The molecule has 0 radical (unpaired) electrons. The van der Waals surface area contributed by atoms with Crippen molar-refractivity contribution in [3.8, 4) is 0 Å². The van der Waals surface area contributed by atoms with Crippen LogP contribution < -0.4 is 4.90 Å². The highest BCUT2D eigenvalue weighted by Gasteiger charge is 2.32. The minimum Gasteiger partial charge on any atom is -0.481 e. The summed E-state index contributed by atoms with van der Waals surface area (Å²) in [6.07, 6.45) is 1.43. The molecule has 0 bridgehead atoms. The third kappa shape index (κ3) is 4.29. The zero-order chi connectivity index (χ0) is 21.4. The van der Waals surface area contributed by atoms with Gasteiger partial charge in [-0.1, -0.05) is 35.3 Å². The quantitative estimate of drug-likeness (QED) is 0.705. The van der Waals surface area contributed by atoms with Gasteiger partial charge in [-0.3, -0.25) is 14.7 Å². The maximum absolute atomic E-state index is 11.2. The van der Waals surface area contributed by atoms with E-state index in [2.05, 4.69) is 29.7 Å². The smallest absolute Gasteiger partial charge is 0.306 e. The molecular formula is C23H27Cl2N3O2. The van der Waals surface area contributed by atoms with Gasteiger partial charge in [-0.15, -0.1) is 0 Å². The lowest BCUT2D eigenvalue weighted by atomic mass is 9.88. The molecule has 0 atom stereocenters. The van der Waals surface area contributed by atoms with Crippen molar-refractivity contribution in [1.29, 1.82) is 0 Å². The number of carboxylic acids is 1. The average molecular weight is 448 g/mol. The second-order valence-corrected chi connectivity index (χ2v) is 9.30. The Morgan fingerprint density at radius 1 is 1.17 bits per heavy atom. The van der Waals surface area contributed by atoms with Crippen molar-refractivity contribution in [3.05, 3.63) is 56.8 Å². The number of aromatic nitrogens is 1. The Kier molecular flexibility index (Phi) is 6.24. The number of carboxylic acid groups (broad SMARTS) is 1. The van der Waals surface area contributed by atoms with E-state index in [-0.39, 0.29) is 5.92 Å². The van der Waals surface area contributed by atoms with Crippen molar-refractivity contribution in [1.82, 2.24) is 9.88 Å². The van der Waals surface area contributed by atoms with Crippen molar-refractivity contribution in [2.75, 3.05) is 31.1 Å². The Hall–Kier alpha value is -1.82. The molecule has 1 N–H and O–H groups in total. The van der Waals surface area contributed by atoms with Crippen molar-refractivity contribution >= 4 is 34.9 Å². The van der Waals surface area contributed by atoms with E-state index in [1.54, 1.807) is 0 Å². The number of hydrogen-bond acceptors (Lipinski definition) is 4. The van der Waals surface area contributed by atoms with E-state index >= 15 is 0 Å². The van der Waals surface area contributed by atoms with E-state index in [0.29, 0.717) is 28.8 Å². The van der Waals surface area contributed by atoms with Crippen molar-refractivity contribution in [3.63, 3.8) is 0 Å². The molecule has 5 nitrogen and oxygen atoms in total. The number of benzene rings is 1. The molecule has 2 aromatic rings. The second-order valence-electron chi connectivity index (χ2n) is 8.49. The van der Waals surface area contributed by atoms with Crippen LogP contribution in [0.15, 0.2) is 24.3 Å². The van der Waals surface area contributed by atoms with Gasteiger partial charge in [-0.25, -0.2) is 0 Å². The van der Waals surface area contributed by atoms with Gasteiger partial charge in [0, 0.05) is 31.2 Å². The number of carbonyl (C=O) groups is 1. The first kappa shape index (κ1) is 21.4. The predicted molar refractivity (Wildman–Crippen MR) is 121 cm³/mol. The molecule has 0 saturated carbocycles. The number of anilines is 1. The number of aryl methyl sites for hydroxylation is 2. The fraction of sp³-hybridized carbons (Fsp3) is 0.478. The lowest BCUT2D eigenvalue weighted by molar-refractivity contribution is -0.143. The summed E-state index contributed by atoms with van der Waals surface area (Å²) in [5.41, 5.74) is 5.58. The van der Waals surface area contributed by atoms with Gasteiger partial charge in [-0.05, 0) is 63.0 Å². The molecule has 4 rings (SSSR count). The number of halogens is 2. The highest BCUT2D eigenvalue weighted by atomic mass is 35.5. The number of para-hydroxylation sites is 1. The van der Waals surface area contributed by atoms with E-state index in [0.717, 1.165) is 49.8 Å². The Morgan fingerprint density at radius 3 is 2.40 bits per heavy atom. The number of rotatable bonds is 5. The molecule has 7 heteroatoms. The van der Waals surface area contributed by atoms with Crippen LogP contribution in [0.4, 0.5) is 5.69 Å². The van der Waals surface area contributed by atoms with Crippen LogP contribution in [0.2, 0.25) is 10.0 Å². The molecule has 1 aromatic carbocycles. The number of hydrogen-bond donors (Lipinski definition) is 1. The van der Waals surface area contributed by atoms with Crippen LogP contribution in [0.3, 0.4) is 0 Å². The Labute approximate surface area is 187 Å². The van der Waals surface area contributed by atoms with Gasteiger partial charge < -0.3 is 10.0 Å². The molecule has 0 amide bonds. The van der Waals surface area contributed by atoms with Crippen LogP contribution in [0.1, 0.15) is 41.3 Å². The maximum atomic E-state index is 11.2. The summed E-state index contributed by atoms with van der Waals surface area (Å²) in [5, 5.41) is 10.6. The van der Waals surface area contributed by atoms with Crippen LogP contribution in [0.25, 0.3) is 0 Å². The van der Waals surface area contributed by atoms with E-state index in [9.17, 15) is 9.90 Å². The molecule has 1 aromatic heterocycles. The third-order valence-electron chi connectivity index (χ3n) is 6.43. The normalized spacial score (nSPS) is 18.5. The molecule has 30 heavy (non-hydrogen) atoms. The van der Waals surface area contributed by atoms with Gasteiger partial charge in [0.15, 0.2) is 0 Å². The summed E-state index contributed by atoms with van der Waals surface area (Å²) >= 11 is 12.7. The van der Waals surface area contributed by atoms with Crippen molar-refractivity contribution < 1.29 is 9.90 Å². The third-order valence-corrected chi connectivity index (χ3v) is 7.04. The predicted octanol–water partition coefficient (Wildman–Crippen LogP) is 4.91. The minimum atomic E-state index is -0.670. The summed E-state index contributed by atoms with van der Waals surface area (Å²) < 4.78 is 0. The molecule has 3 heterocycles. The van der Waals surface area contributed by atoms with Crippen LogP contribution >= 0.6 is 23.2 Å². The van der Waals surface area contributed by atoms with Crippen LogP contribution in [0, 0.1) is 19.8 Å². The molecule has 0 spiro atoms. The van der Waals surface area contributed by atoms with Crippen molar-refractivity contribution in [2.45, 2.75) is 39.2 Å². The summed E-state index contributed by atoms with van der Waals surface area (Å²) in [6, 6.07) is 7.89. The molecule has 2 aliphatic heterocycles. The Bertz CT molecular complexity index is 931. The van der Waals surface area contributed by atoms with Gasteiger partial charge in [-0.2, -0.15) is 0 Å². The number of likely N-dealkylation sites (tertiary alicyclic amines) is 1. The molecule has 160 valence electrons. The minimum absolute atomic E-state index is 0.201. The summed E-state index contributed by atoms with van der Waals surface area (Å²) in [5.74, 6) is -0.451. The lowest BCUT2D eigenvalue weighted by Gasteiger charge is -2.42. The number of aliphatic carboxylic acids is 1. The van der Waals surface area contributed by atoms with Crippen LogP contribution in [0.5, 0.6) is 0 Å². The molecule has 0 aliphatic carbocycles. The highest BCUT2D eigenvalue weighted by Crippen LogP contribution is 2.40. The van der Waals surface area contributed by atoms with Gasteiger partial charge in [0.05, 0.1) is 27.3 Å². The van der Waals surface area contributed by atoms with Gasteiger partial charge >= 0.3 is 5.97 Å². The van der Waals surface area contributed by atoms with Crippen LogP contribution in [-0.4, -0.2) is 47.1 Å². The average Bonchev–Trinajstić information content (AvgIpc) is 2.67. The van der Waals surface area contributed by atoms with Gasteiger partial charge in [0.2, 0.25) is 0 Å². The SMILES string of the molecule is Cc1cc(C2CN(c3c(Cl)cccc3Cl)C2)c(C)nc1CN1CCC(C(=O)O)CC1. The molecular weight excluding hydrogens is 421 g/mol. The topological polar surface area (TPSA) is 56.7 Å². The number of nitrogens with zero attached hydrogens (tertiary/aromatic N) is 3. The highest BCUT2D eigenvalue weighted by molar-refractivity contribution is 6.39. The first-order valence-electron chi connectivity index (χ1n) is 10.4. The summed E-state index contributed by atoms with van der Waals surface area (Å²) in [4.78, 5) is 20.6. The molecule has 2 saturated heterocycles. The van der Waals surface area contributed by atoms with E-state index in [1.165, 1.54) is 11.1 Å². The zero-order valence-corrected chi connectivity index (χ0v) is 18.9. The standard InChI is InChI=1S/C23H27Cl2N3O2/c1-14-10-18(17-11-28(12-17)22-19(24)4-3-5-20(22)25)15(2)26-21(14)13-27-8-6-16(7-9-27)23(29)30/h3-5,10,16-17H,6-9,11-13H2,1-2H3,(H,29,30). The molecule has 2 aliphatic rings. The lowest BCUT2D eigenvalue weighted by Crippen LogP contribution is -2.45. The first-order chi connectivity index (χ1) is 14.3. The first-order valence-corrected chi connectivity index (χ1v) is 11.2. The summed E-state index contributed by atoms with van der Waals surface area (Å²) in [6.45, 7) is 8.38.